The van der Waals surface area contributed by atoms with Gasteiger partial charge in [-0.25, -0.2) is 4.98 Å². The number of hydrogen-bond donors (Lipinski definition) is 3. The number of para-hydroxylation sites is 2. The summed E-state index contributed by atoms with van der Waals surface area (Å²) in [6.45, 7) is 1.82. The Labute approximate surface area is 162 Å². The molecule has 0 fully saturated rings. The zero-order valence-corrected chi connectivity index (χ0v) is 15.1. The number of nitrogens with one attached hydrogen (secondary N) is 2. The summed E-state index contributed by atoms with van der Waals surface area (Å²) in [7, 11) is 0. The van der Waals surface area contributed by atoms with Gasteiger partial charge in [0.15, 0.2) is 5.82 Å². The van der Waals surface area contributed by atoms with Crippen LogP contribution in [0.2, 0.25) is 0 Å². The molecule has 148 valence electrons. The maximum atomic E-state index is 12.7. The summed E-state index contributed by atoms with van der Waals surface area (Å²) in [5, 5.41) is 12.2. The normalized spacial score (nSPS) is 11.6. The van der Waals surface area contributed by atoms with E-state index in [0.29, 0.717) is 17.3 Å². The van der Waals surface area contributed by atoms with Crippen molar-refractivity contribution in [2.75, 3.05) is 10.8 Å². The summed E-state index contributed by atoms with van der Waals surface area (Å²) in [6, 6.07) is 13.5. The number of nitrogens with zero attached hydrogens (tertiary/aromatic N) is 4. The Bertz CT molecular complexity index is 1170. The first kappa shape index (κ1) is 18.7. The summed E-state index contributed by atoms with van der Waals surface area (Å²) in [5.74, 6) is 1.31. The molecule has 0 saturated carbocycles. The maximum absolute atomic E-state index is 12.7. The number of benzene rings is 2. The van der Waals surface area contributed by atoms with Crippen molar-refractivity contribution >= 4 is 28.5 Å². The van der Waals surface area contributed by atoms with Gasteiger partial charge in [0.1, 0.15) is 11.6 Å². The fourth-order valence-electron chi connectivity index (χ4n) is 2.97. The fourth-order valence-corrected chi connectivity index (χ4v) is 2.97. The Hall–Kier alpha value is -3.66. The van der Waals surface area contributed by atoms with Crippen LogP contribution in [0.25, 0.3) is 16.9 Å². The highest BCUT2D eigenvalue weighted by atomic mass is 19.4. The second kappa shape index (κ2) is 7.06. The van der Waals surface area contributed by atoms with E-state index in [9.17, 15) is 18.4 Å². The number of halogens is 3. The molecule has 2 heterocycles. The Kier molecular flexibility index (Phi) is 4.55. The third-order valence-corrected chi connectivity index (χ3v) is 4.25. The molecule has 4 aromatic rings. The van der Waals surface area contributed by atoms with Crippen LogP contribution in [0, 0.1) is 6.92 Å². The van der Waals surface area contributed by atoms with Gasteiger partial charge in [-0.05, 0) is 43.3 Å². The molecule has 0 atom stereocenters. The molecule has 7 nitrogen and oxygen atoms in total. The van der Waals surface area contributed by atoms with Crippen LogP contribution in [-0.4, -0.2) is 24.7 Å². The number of rotatable bonds is 4. The number of aromatic nitrogens is 4. The smallest absolute Gasteiger partial charge is 0.324 e. The molecule has 4 rings (SSSR count). The summed E-state index contributed by atoms with van der Waals surface area (Å²) in [6.07, 6.45) is -4.41. The van der Waals surface area contributed by atoms with E-state index in [1.165, 1.54) is 18.2 Å². The van der Waals surface area contributed by atoms with Gasteiger partial charge in [0, 0.05) is 11.8 Å². The highest BCUT2D eigenvalue weighted by Gasteiger charge is 2.30. The van der Waals surface area contributed by atoms with Crippen LogP contribution in [0.1, 0.15) is 11.4 Å². The fraction of sp³-hybridized carbons (Fsp3) is 0.105. The van der Waals surface area contributed by atoms with Crippen LogP contribution < -0.4 is 10.8 Å². The zero-order valence-electron chi connectivity index (χ0n) is 15.1. The molecular formula is C19H15F3N6O. The molecule has 2 aromatic heterocycles. The van der Waals surface area contributed by atoms with Crippen LogP contribution >= 0.6 is 0 Å². The molecule has 0 aliphatic heterocycles. The number of aryl methyl sites for hydroxylation is 1. The van der Waals surface area contributed by atoms with E-state index in [1.807, 2.05) is 36.7 Å². The second-order valence-corrected chi connectivity index (χ2v) is 6.23. The molecule has 10 heteroatoms. The lowest BCUT2D eigenvalue weighted by Gasteiger charge is -2.12. The number of fused-ring (bicyclic) bond motifs is 1. The van der Waals surface area contributed by atoms with Crippen molar-refractivity contribution < 1.29 is 18.4 Å². The van der Waals surface area contributed by atoms with Gasteiger partial charge in [-0.2, -0.15) is 23.1 Å². The van der Waals surface area contributed by atoms with E-state index in [2.05, 4.69) is 20.3 Å². The van der Waals surface area contributed by atoms with Gasteiger partial charge in [-0.1, -0.05) is 12.1 Å². The summed E-state index contributed by atoms with van der Waals surface area (Å²) in [4.78, 5) is 13.0. The Morgan fingerprint density at radius 1 is 0.966 bits per heavy atom. The lowest BCUT2D eigenvalue weighted by atomic mass is 10.2. The van der Waals surface area contributed by atoms with Gasteiger partial charge in [0.2, 0.25) is 5.95 Å². The van der Waals surface area contributed by atoms with Crippen molar-refractivity contribution in [3.8, 4) is 5.82 Å². The molecule has 0 unspecified atom stereocenters. The summed E-state index contributed by atoms with van der Waals surface area (Å²) < 4.78 is 40.0. The number of imidazole rings is 1. The zero-order chi connectivity index (χ0) is 20.6. The third-order valence-electron chi connectivity index (χ3n) is 4.25. The van der Waals surface area contributed by atoms with E-state index in [1.54, 1.807) is 4.57 Å². The third kappa shape index (κ3) is 3.69. The molecular weight excluding hydrogens is 385 g/mol. The molecule has 0 aliphatic rings. The Morgan fingerprint density at radius 2 is 1.69 bits per heavy atom. The van der Waals surface area contributed by atoms with Gasteiger partial charge in [0.05, 0.1) is 16.6 Å². The van der Waals surface area contributed by atoms with E-state index >= 15 is 0 Å². The molecule has 2 aromatic carbocycles. The van der Waals surface area contributed by atoms with Crippen molar-refractivity contribution in [1.82, 2.24) is 19.5 Å². The van der Waals surface area contributed by atoms with E-state index in [4.69, 9.17) is 0 Å². The van der Waals surface area contributed by atoms with Gasteiger partial charge in [-0.15, -0.1) is 0 Å². The minimum absolute atomic E-state index is 0.0935. The molecule has 29 heavy (non-hydrogen) atoms. The maximum Gasteiger partial charge on any atom is 0.416 e. The first-order valence-corrected chi connectivity index (χ1v) is 8.53. The van der Waals surface area contributed by atoms with Gasteiger partial charge < -0.3 is 5.32 Å². The molecule has 0 spiro atoms. The predicted molar refractivity (Wildman–Crippen MR) is 102 cm³/mol. The average Bonchev–Trinajstić information content (AvgIpc) is 3.03. The van der Waals surface area contributed by atoms with E-state index in [0.717, 1.165) is 23.2 Å². The van der Waals surface area contributed by atoms with Crippen LogP contribution in [0.15, 0.2) is 54.6 Å². The first-order chi connectivity index (χ1) is 13.8. The SMILES string of the molecule is Cc1nc2ccccc2n1-c1cc(NO)nc(Nc2ccc(C(F)(F)F)cc2)n1. The standard InChI is InChI=1S/C19H15F3N6O/c1-11-23-14-4-2-3-5-15(14)28(11)17-10-16(27-29)25-18(26-17)24-13-8-6-12(7-9-13)19(20,21)22/h2-10,29H,1H3,(H2,24,25,26,27). The van der Waals surface area contributed by atoms with Gasteiger partial charge in [0.25, 0.3) is 0 Å². The van der Waals surface area contributed by atoms with Crippen molar-refractivity contribution in [1.29, 1.82) is 0 Å². The highest BCUT2D eigenvalue weighted by molar-refractivity contribution is 5.78. The van der Waals surface area contributed by atoms with Crippen molar-refractivity contribution in [2.24, 2.45) is 0 Å². The van der Waals surface area contributed by atoms with Crippen molar-refractivity contribution in [3.05, 3.63) is 66.0 Å². The van der Waals surface area contributed by atoms with Crippen molar-refractivity contribution in [3.63, 3.8) is 0 Å². The number of hydrogen-bond acceptors (Lipinski definition) is 6. The molecule has 0 aliphatic carbocycles. The van der Waals surface area contributed by atoms with Crippen molar-refractivity contribution in [2.45, 2.75) is 13.1 Å². The number of alkyl halides is 3. The largest absolute Gasteiger partial charge is 0.416 e. The van der Waals surface area contributed by atoms with E-state index < -0.39 is 11.7 Å². The Balaban J connectivity index is 1.73. The van der Waals surface area contributed by atoms with Crippen LogP contribution in [0.3, 0.4) is 0 Å². The molecule has 0 saturated heterocycles. The average molecular weight is 400 g/mol. The quantitative estimate of drug-likeness (QED) is 0.431. The van der Waals surface area contributed by atoms with Crippen LogP contribution in [0.5, 0.6) is 0 Å². The Morgan fingerprint density at radius 3 is 2.38 bits per heavy atom. The lowest BCUT2D eigenvalue weighted by molar-refractivity contribution is -0.137. The first-order valence-electron chi connectivity index (χ1n) is 8.53. The van der Waals surface area contributed by atoms with Gasteiger partial charge >= 0.3 is 6.18 Å². The lowest BCUT2D eigenvalue weighted by Crippen LogP contribution is -2.08. The van der Waals surface area contributed by atoms with Crippen LogP contribution in [-0.2, 0) is 6.18 Å². The predicted octanol–water partition coefficient (Wildman–Crippen LogP) is 4.69. The second-order valence-electron chi connectivity index (χ2n) is 6.23. The minimum atomic E-state index is -4.41. The molecule has 0 radical (unpaired) electrons. The molecule has 3 N–H and O–H groups in total. The summed E-state index contributed by atoms with van der Waals surface area (Å²) in [5.41, 5.74) is 3.18. The monoisotopic (exact) mass is 400 g/mol. The molecule has 0 amide bonds. The van der Waals surface area contributed by atoms with E-state index in [-0.39, 0.29) is 11.8 Å². The highest BCUT2D eigenvalue weighted by Crippen LogP contribution is 2.30. The number of anilines is 3. The van der Waals surface area contributed by atoms with Crippen LogP contribution in [0.4, 0.5) is 30.6 Å². The molecule has 0 bridgehead atoms. The summed E-state index contributed by atoms with van der Waals surface area (Å²) >= 11 is 0. The minimum Gasteiger partial charge on any atom is -0.324 e. The van der Waals surface area contributed by atoms with Gasteiger partial charge in [-0.3, -0.25) is 15.3 Å². The topological polar surface area (TPSA) is 87.9 Å².